The van der Waals surface area contributed by atoms with E-state index < -0.39 is 10.0 Å². The molecule has 2 aromatic carbocycles. The number of para-hydroxylation sites is 1. The van der Waals surface area contributed by atoms with Gasteiger partial charge in [-0.25, -0.2) is 8.42 Å². The third kappa shape index (κ3) is 4.18. The second-order valence-electron chi connectivity index (χ2n) is 7.28. The van der Waals surface area contributed by atoms with Gasteiger partial charge < -0.3 is 0 Å². The minimum atomic E-state index is -3.60. The summed E-state index contributed by atoms with van der Waals surface area (Å²) in [7, 11) is -3.60. The van der Waals surface area contributed by atoms with E-state index in [4.69, 9.17) is 0 Å². The molecule has 4 heteroatoms. The molecule has 0 aliphatic rings. The SMILES string of the molecule is CCC(C)c1ccc(S(=O)(=O)Nc2ccccc2C(C)(C)C)cc1. The molecule has 24 heavy (non-hydrogen) atoms. The fraction of sp³-hybridized carbons (Fsp3) is 0.400. The summed E-state index contributed by atoms with van der Waals surface area (Å²) in [6.07, 6.45) is 1.03. The van der Waals surface area contributed by atoms with E-state index in [9.17, 15) is 8.42 Å². The number of benzene rings is 2. The summed E-state index contributed by atoms with van der Waals surface area (Å²) in [5, 5.41) is 0. The van der Waals surface area contributed by atoms with E-state index in [-0.39, 0.29) is 5.41 Å². The van der Waals surface area contributed by atoms with E-state index >= 15 is 0 Å². The van der Waals surface area contributed by atoms with Crippen molar-refractivity contribution >= 4 is 15.7 Å². The maximum atomic E-state index is 12.7. The summed E-state index contributed by atoms with van der Waals surface area (Å²) < 4.78 is 28.2. The Bertz CT molecular complexity index is 787. The van der Waals surface area contributed by atoms with Crippen molar-refractivity contribution in [1.29, 1.82) is 0 Å². The summed E-state index contributed by atoms with van der Waals surface area (Å²) >= 11 is 0. The van der Waals surface area contributed by atoms with Crippen LogP contribution in [0.1, 0.15) is 58.1 Å². The highest BCUT2D eigenvalue weighted by molar-refractivity contribution is 7.92. The monoisotopic (exact) mass is 345 g/mol. The zero-order valence-corrected chi connectivity index (χ0v) is 15.9. The lowest BCUT2D eigenvalue weighted by molar-refractivity contribution is 0.590. The number of sulfonamides is 1. The highest BCUT2D eigenvalue weighted by atomic mass is 32.2. The van der Waals surface area contributed by atoms with E-state index in [2.05, 4.69) is 39.3 Å². The van der Waals surface area contributed by atoms with E-state index in [0.29, 0.717) is 16.5 Å². The molecule has 0 saturated carbocycles. The van der Waals surface area contributed by atoms with Gasteiger partial charge in [0, 0.05) is 0 Å². The first-order chi connectivity index (χ1) is 11.1. The Morgan fingerprint density at radius 2 is 1.58 bits per heavy atom. The molecule has 0 aliphatic heterocycles. The molecule has 0 heterocycles. The molecule has 0 fully saturated rings. The first-order valence-electron chi connectivity index (χ1n) is 8.37. The van der Waals surface area contributed by atoms with E-state index in [1.54, 1.807) is 12.1 Å². The molecule has 1 unspecified atom stereocenters. The van der Waals surface area contributed by atoms with Crippen LogP contribution in [0.15, 0.2) is 53.4 Å². The molecule has 0 bridgehead atoms. The van der Waals surface area contributed by atoms with Crippen LogP contribution in [0.2, 0.25) is 0 Å². The predicted molar refractivity (Wildman–Crippen MR) is 101 cm³/mol. The Morgan fingerprint density at radius 1 is 1.00 bits per heavy atom. The molecule has 1 atom stereocenters. The minimum Gasteiger partial charge on any atom is -0.279 e. The standard InChI is InChI=1S/C20H27NO2S/c1-6-15(2)16-11-13-17(14-12-16)24(22,23)21-19-10-8-7-9-18(19)20(3,4)5/h7-15,21H,6H2,1-5H3. The van der Waals surface area contributed by atoms with E-state index in [0.717, 1.165) is 17.5 Å². The zero-order chi connectivity index (χ0) is 18.0. The average Bonchev–Trinajstić information content (AvgIpc) is 2.53. The van der Waals surface area contributed by atoms with Crippen LogP contribution in [-0.4, -0.2) is 8.42 Å². The Hall–Kier alpha value is -1.81. The molecular formula is C20H27NO2S. The van der Waals surface area contributed by atoms with Crippen molar-refractivity contribution in [2.75, 3.05) is 4.72 Å². The first kappa shape index (κ1) is 18.5. The van der Waals surface area contributed by atoms with Crippen molar-refractivity contribution in [1.82, 2.24) is 0 Å². The fourth-order valence-corrected chi connectivity index (χ4v) is 3.72. The van der Waals surface area contributed by atoms with Gasteiger partial charge in [-0.3, -0.25) is 4.72 Å². The molecule has 0 saturated heterocycles. The molecule has 0 aromatic heterocycles. The number of anilines is 1. The van der Waals surface area contributed by atoms with Crippen LogP contribution in [0.3, 0.4) is 0 Å². The Morgan fingerprint density at radius 3 is 2.12 bits per heavy atom. The summed E-state index contributed by atoms with van der Waals surface area (Å²) in [4.78, 5) is 0.290. The molecule has 2 aromatic rings. The summed E-state index contributed by atoms with van der Waals surface area (Å²) in [5.41, 5.74) is 2.63. The van der Waals surface area contributed by atoms with Gasteiger partial charge in [-0.05, 0) is 47.1 Å². The summed E-state index contributed by atoms with van der Waals surface area (Å²) in [5.74, 6) is 0.427. The number of nitrogens with one attached hydrogen (secondary N) is 1. The van der Waals surface area contributed by atoms with E-state index in [1.807, 2.05) is 36.4 Å². The van der Waals surface area contributed by atoms with Gasteiger partial charge in [0.15, 0.2) is 0 Å². The third-order valence-corrected chi connectivity index (χ3v) is 5.73. The van der Waals surface area contributed by atoms with Crippen LogP contribution in [0, 0.1) is 0 Å². The van der Waals surface area contributed by atoms with Gasteiger partial charge in [0.2, 0.25) is 0 Å². The summed E-state index contributed by atoms with van der Waals surface area (Å²) in [6.45, 7) is 10.5. The molecule has 1 N–H and O–H groups in total. The van der Waals surface area contributed by atoms with Crippen molar-refractivity contribution in [3.8, 4) is 0 Å². The van der Waals surface area contributed by atoms with Crippen molar-refractivity contribution in [2.24, 2.45) is 0 Å². The van der Waals surface area contributed by atoms with Crippen molar-refractivity contribution in [2.45, 2.75) is 57.3 Å². The van der Waals surface area contributed by atoms with Crippen molar-refractivity contribution in [3.05, 3.63) is 59.7 Å². The van der Waals surface area contributed by atoms with Gasteiger partial charge in [0.05, 0.1) is 10.6 Å². The van der Waals surface area contributed by atoms with Gasteiger partial charge in [-0.15, -0.1) is 0 Å². The smallest absolute Gasteiger partial charge is 0.261 e. The molecule has 130 valence electrons. The molecular weight excluding hydrogens is 318 g/mol. The normalized spacial score (nSPS) is 13.5. The zero-order valence-electron chi connectivity index (χ0n) is 15.1. The Balaban J connectivity index is 2.33. The van der Waals surface area contributed by atoms with Crippen molar-refractivity contribution in [3.63, 3.8) is 0 Å². The third-order valence-electron chi connectivity index (χ3n) is 4.35. The Kier molecular flexibility index (Phi) is 5.38. The van der Waals surface area contributed by atoms with Gasteiger partial charge >= 0.3 is 0 Å². The molecule has 0 radical (unpaired) electrons. The molecule has 2 rings (SSSR count). The minimum absolute atomic E-state index is 0.139. The highest BCUT2D eigenvalue weighted by Gasteiger charge is 2.21. The van der Waals surface area contributed by atoms with Gasteiger partial charge in [-0.2, -0.15) is 0 Å². The van der Waals surface area contributed by atoms with E-state index in [1.165, 1.54) is 0 Å². The molecule has 0 aliphatic carbocycles. The van der Waals surface area contributed by atoms with Crippen LogP contribution in [0.5, 0.6) is 0 Å². The highest BCUT2D eigenvalue weighted by Crippen LogP contribution is 2.31. The van der Waals surface area contributed by atoms with Crippen LogP contribution in [-0.2, 0) is 15.4 Å². The second kappa shape index (κ2) is 6.98. The van der Waals surface area contributed by atoms with Crippen LogP contribution < -0.4 is 4.72 Å². The quantitative estimate of drug-likeness (QED) is 0.799. The van der Waals surface area contributed by atoms with Gasteiger partial charge in [-0.1, -0.05) is 65.0 Å². The van der Waals surface area contributed by atoms with Crippen LogP contribution >= 0.6 is 0 Å². The number of hydrogen-bond acceptors (Lipinski definition) is 2. The molecule has 3 nitrogen and oxygen atoms in total. The molecule has 0 amide bonds. The maximum Gasteiger partial charge on any atom is 0.261 e. The van der Waals surface area contributed by atoms with Crippen LogP contribution in [0.4, 0.5) is 5.69 Å². The Labute approximate surface area is 146 Å². The maximum absolute atomic E-state index is 12.7. The number of hydrogen-bond donors (Lipinski definition) is 1. The number of rotatable bonds is 5. The lowest BCUT2D eigenvalue weighted by atomic mass is 9.86. The molecule has 0 spiro atoms. The van der Waals surface area contributed by atoms with Crippen molar-refractivity contribution < 1.29 is 8.42 Å². The topological polar surface area (TPSA) is 46.2 Å². The van der Waals surface area contributed by atoms with Gasteiger partial charge in [0.1, 0.15) is 0 Å². The largest absolute Gasteiger partial charge is 0.279 e. The van der Waals surface area contributed by atoms with Crippen LogP contribution in [0.25, 0.3) is 0 Å². The fourth-order valence-electron chi connectivity index (χ4n) is 2.64. The lowest BCUT2D eigenvalue weighted by Gasteiger charge is -2.23. The first-order valence-corrected chi connectivity index (χ1v) is 9.85. The predicted octanol–water partition coefficient (Wildman–Crippen LogP) is 5.30. The average molecular weight is 346 g/mol. The van der Waals surface area contributed by atoms with Gasteiger partial charge in [0.25, 0.3) is 10.0 Å². The summed E-state index contributed by atoms with van der Waals surface area (Å²) in [6, 6.07) is 14.7. The second-order valence-corrected chi connectivity index (χ2v) is 8.96. The lowest BCUT2D eigenvalue weighted by Crippen LogP contribution is -2.19.